The second kappa shape index (κ2) is 6.52. The van der Waals surface area contributed by atoms with Crippen molar-refractivity contribution in [2.75, 3.05) is 11.9 Å². The summed E-state index contributed by atoms with van der Waals surface area (Å²) < 4.78 is 15.4. The lowest BCUT2D eigenvalue weighted by Gasteiger charge is -2.41. The molecule has 2 saturated heterocycles. The first-order chi connectivity index (χ1) is 15.3. The highest BCUT2D eigenvalue weighted by Crippen LogP contribution is 2.58. The number of amides is 1. The summed E-state index contributed by atoms with van der Waals surface area (Å²) in [7, 11) is 0. The molecule has 1 N–H and O–H groups in total. The van der Waals surface area contributed by atoms with Crippen LogP contribution in [-0.2, 0) is 10.2 Å². The third kappa shape index (κ3) is 2.88. The van der Waals surface area contributed by atoms with Crippen molar-refractivity contribution in [1.82, 2.24) is 24.0 Å². The van der Waals surface area contributed by atoms with Gasteiger partial charge in [0, 0.05) is 30.1 Å². The lowest BCUT2D eigenvalue weighted by Crippen LogP contribution is -2.45. The lowest BCUT2D eigenvalue weighted by molar-refractivity contribution is 0.0154. The van der Waals surface area contributed by atoms with Crippen LogP contribution in [0.5, 0.6) is 5.75 Å². The first kappa shape index (κ1) is 19.2. The number of rotatable bonds is 5. The van der Waals surface area contributed by atoms with Gasteiger partial charge in [0.25, 0.3) is 5.91 Å². The second-order valence-electron chi connectivity index (χ2n) is 9.37. The van der Waals surface area contributed by atoms with Gasteiger partial charge in [0.2, 0.25) is 0 Å². The SMILES string of the molecule is CC(C)Oc1cc2nc(C34COC(C)(C3)C4)cn2cc1C(=O)Nc1cnc2cccnn12. The Hall–Kier alpha value is -3.46. The fourth-order valence-corrected chi connectivity index (χ4v) is 5.04. The molecule has 0 unspecified atom stereocenters. The van der Waals surface area contributed by atoms with E-state index in [-0.39, 0.29) is 23.0 Å². The van der Waals surface area contributed by atoms with E-state index in [4.69, 9.17) is 14.5 Å². The predicted octanol–water partition coefficient (Wildman–Crippen LogP) is 3.24. The molecule has 9 nitrogen and oxygen atoms in total. The third-order valence-corrected chi connectivity index (χ3v) is 6.35. The van der Waals surface area contributed by atoms with Crippen LogP contribution in [-0.4, -0.2) is 48.2 Å². The number of nitrogens with one attached hydrogen (secondary N) is 1. The molecular weight excluding hydrogens is 408 g/mol. The Kier molecular flexibility index (Phi) is 3.92. The number of hydrogen-bond donors (Lipinski definition) is 1. The van der Waals surface area contributed by atoms with E-state index in [0.29, 0.717) is 29.4 Å². The van der Waals surface area contributed by atoms with E-state index in [0.717, 1.165) is 24.2 Å². The number of anilines is 1. The zero-order valence-corrected chi connectivity index (χ0v) is 18.2. The van der Waals surface area contributed by atoms with Crippen LogP contribution in [0.25, 0.3) is 11.3 Å². The molecule has 0 radical (unpaired) electrons. The molecule has 0 aromatic carbocycles. The zero-order chi connectivity index (χ0) is 22.1. The first-order valence-electron chi connectivity index (χ1n) is 10.8. The topological polar surface area (TPSA) is 95.0 Å². The van der Waals surface area contributed by atoms with Gasteiger partial charge in [0.05, 0.1) is 35.8 Å². The molecule has 9 heteroatoms. The van der Waals surface area contributed by atoms with Crippen molar-refractivity contribution in [1.29, 1.82) is 0 Å². The van der Waals surface area contributed by atoms with Gasteiger partial charge in [-0.2, -0.15) is 9.61 Å². The summed E-state index contributed by atoms with van der Waals surface area (Å²) in [6.45, 7) is 6.71. The molecular formula is C23H24N6O3. The van der Waals surface area contributed by atoms with E-state index in [9.17, 15) is 4.79 Å². The van der Waals surface area contributed by atoms with Crippen molar-refractivity contribution in [3.8, 4) is 5.75 Å². The third-order valence-electron chi connectivity index (χ3n) is 6.35. The molecule has 1 saturated carbocycles. The molecule has 164 valence electrons. The fraction of sp³-hybridized carbons (Fsp3) is 0.391. The molecule has 32 heavy (non-hydrogen) atoms. The Balaban J connectivity index is 1.38. The molecule has 4 aromatic rings. The van der Waals surface area contributed by atoms with Crippen LogP contribution in [0.15, 0.2) is 43.0 Å². The smallest absolute Gasteiger partial charge is 0.262 e. The van der Waals surface area contributed by atoms with Crippen molar-refractivity contribution in [3.63, 3.8) is 0 Å². The molecule has 0 atom stereocenters. The van der Waals surface area contributed by atoms with Gasteiger partial charge in [-0.3, -0.25) is 4.79 Å². The minimum absolute atomic E-state index is 0.0190. The fourth-order valence-electron chi connectivity index (χ4n) is 5.04. The number of ether oxygens (including phenoxy) is 2. The second-order valence-corrected chi connectivity index (χ2v) is 9.37. The summed E-state index contributed by atoms with van der Waals surface area (Å²) in [5.41, 5.74) is 2.78. The van der Waals surface area contributed by atoms with Crippen LogP contribution in [0, 0.1) is 0 Å². The van der Waals surface area contributed by atoms with Crippen LogP contribution in [0.1, 0.15) is 49.7 Å². The van der Waals surface area contributed by atoms with Gasteiger partial charge in [0.1, 0.15) is 11.4 Å². The predicted molar refractivity (Wildman–Crippen MR) is 117 cm³/mol. The number of fused-ring (bicyclic) bond motifs is 3. The average Bonchev–Trinajstić information content (AvgIpc) is 3.48. The normalized spacial score (nSPS) is 24.2. The molecule has 3 fully saturated rings. The quantitative estimate of drug-likeness (QED) is 0.520. The molecule has 0 spiro atoms. The van der Waals surface area contributed by atoms with Crippen molar-refractivity contribution in [3.05, 3.63) is 54.2 Å². The summed E-state index contributed by atoms with van der Waals surface area (Å²) in [4.78, 5) is 22.4. The van der Waals surface area contributed by atoms with E-state index in [1.165, 1.54) is 0 Å². The van der Waals surface area contributed by atoms with Crippen LogP contribution in [0.2, 0.25) is 0 Å². The van der Waals surface area contributed by atoms with Crippen molar-refractivity contribution in [2.45, 2.75) is 50.7 Å². The van der Waals surface area contributed by atoms with Crippen LogP contribution in [0.4, 0.5) is 5.82 Å². The number of hydrogen-bond acceptors (Lipinski definition) is 6. The molecule has 4 aromatic heterocycles. The van der Waals surface area contributed by atoms with Gasteiger partial charge in [0.15, 0.2) is 11.5 Å². The maximum Gasteiger partial charge on any atom is 0.262 e. The summed E-state index contributed by atoms with van der Waals surface area (Å²) in [5.74, 6) is 0.676. The Morgan fingerprint density at radius 3 is 2.88 bits per heavy atom. The summed E-state index contributed by atoms with van der Waals surface area (Å²) >= 11 is 0. The van der Waals surface area contributed by atoms with Crippen molar-refractivity contribution in [2.24, 2.45) is 0 Å². The Morgan fingerprint density at radius 2 is 2.12 bits per heavy atom. The summed E-state index contributed by atoms with van der Waals surface area (Å²) in [6, 6.07) is 5.45. The van der Waals surface area contributed by atoms with Crippen molar-refractivity contribution >= 4 is 23.0 Å². The van der Waals surface area contributed by atoms with Gasteiger partial charge in [-0.25, -0.2) is 9.97 Å². The number of imidazole rings is 2. The van der Waals surface area contributed by atoms with E-state index in [1.807, 2.05) is 36.6 Å². The number of carbonyl (C=O) groups excluding carboxylic acids is 1. The Labute approximate surface area is 184 Å². The lowest BCUT2D eigenvalue weighted by atomic mass is 9.62. The standard InChI is InChI=1S/C23H24N6O3/c1-14(2)32-16-7-19-26-17(23-11-22(3,12-23)31-13-23)10-28(19)9-15(16)21(30)27-20-8-24-18-5-4-6-25-29(18)20/h4-10,14H,11-13H2,1-3H3,(H,27,30). The Bertz CT molecular complexity index is 1360. The Morgan fingerprint density at radius 1 is 1.28 bits per heavy atom. The van der Waals surface area contributed by atoms with Crippen molar-refractivity contribution < 1.29 is 14.3 Å². The zero-order valence-electron chi connectivity index (χ0n) is 18.2. The highest BCUT2D eigenvalue weighted by atomic mass is 16.5. The van der Waals surface area contributed by atoms with E-state index >= 15 is 0 Å². The number of aromatic nitrogens is 5. The molecule has 2 aliphatic heterocycles. The van der Waals surface area contributed by atoms with Gasteiger partial charge in [-0.15, -0.1) is 0 Å². The van der Waals surface area contributed by atoms with Crippen LogP contribution < -0.4 is 10.1 Å². The molecule has 6 heterocycles. The highest BCUT2D eigenvalue weighted by molar-refractivity contribution is 6.06. The van der Waals surface area contributed by atoms with Gasteiger partial charge in [-0.1, -0.05) is 0 Å². The molecule has 7 rings (SSSR count). The number of nitrogens with zero attached hydrogens (tertiary/aromatic N) is 5. The van der Waals surface area contributed by atoms with Crippen LogP contribution in [0.3, 0.4) is 0 Å². The average molecular weight is 432 g/mol. The first-order valence-corrected chi connectivity index (χ1v) is 10.8. The summed E-state index contributed by atoms with van der Waals surface area (Å²) in [5, 5.41) is 7.16. The monoisotopic (exact) mass is 432 g/mol. The maximum atomic E-state index is 13.3. The van der Waals surface area contributed by atoms with E-state index in [1.54, 1.807) is 29.2 Å². The number of pyridine rings is 1. The minimum atomic E-state index is -0.302. The largest absolute Gasteiger partial charge is 0.490 e. The highest BCUT2D eigenvalue weighted by Gasteiger charge is 2.61. The number of carbonyl (C=O) groups is 1. The van der Waals surface area contributed by atoms with Crippen LogP contribution >= 0.6 is 0 Å². The minimum Gasteiger partial charge on any atom is -0.490 e. The van der Waals surface area contributed by atoms with Gasteiger partial charge in [-0.05, 0) is 45.7 Å². The molecule has 1 amide bonds. The molecule has 2 bridgehead atoms. The van der Waals surface area contributed by atoms with Gasteiger partial charge >= 0.3 is 0 Å². The molecule has 1 aliphatic carbocycles. The van der Waals surface area contributed by atoms with Gasteiger partial charge < -0.3 is 19.2 Å². The van der Waals surface area contributed by atoms with E-state index in [2.05, 4.69) is 22.3 Å². The maximum absolute atomic E-state index is 13.3. The van der Waals surface area contributed by atoms with E-state index < -0.39 is 0 Å². The molecule has 3 aliphatic rings. The summed E-state index contributed by atoms with van der Waals surface area (Å²) in [6.07, 6.45) is 8.89.